The van der Waals surface area contributed by atoms with E-state index in [1.165, 1.54) is 12.8 Å². The van der Waals surface area contributed by atoms with Gasteiger partial charge in [0.25, 0.3) is 0 Å². The first-order valence-corrected chi connectivity index (χ1v) is 9.93. The average Bonchev–Trinajstić information content (AvgIpc) is 3.00. The quantitative estimate of drug-likeness (QED) is 0.892. The smallest absolute Gasteiger partial charge is 0.240 e. The van der Waals surface area contributed by atoms with E-state index in [-0.39, 0.29) is 6.04 Å². The van der Waals surface area contributed by atoms with Gasteiger partial charge in [0.05, 0.1) is 11.5 Å². The van der Waals surface area contributed by atoms with E-state index in [0.29, 0.717) is 24.0 Å². The van der Waals surface area contributed by atoms with Gasteiger partial charge in [-0.1, -0.05) is 6.92 Å². The van der Waals surface area contributed by atoms with Crippen LogP contribution in [0.15, 0.2) is 23.1 Å². The van der Waals surface area contributed by atoms with Crippen molar-refractivity contribution in [3.8, 4) is 5.75 Å². The SMILES string of the molecule is C[C@H]1CCCN([C@@H](C)CNS(=O)(=O)c2ccc3c(c2)CCO3)C1. The molecule has 2 atom stereocenters. The lowest BCUT2D eigenvalue weighted by molar-refractivity contribution is 0.140. The van der Waals surface area contributed by atoms with Gasteiger partial charge in [-0.2, -0.15) is 0 Å². The van der Waals surface area contributed by atoms with E-state index in [9.17, 15) is 8.42 Å². The van der Waals surface area contributed by atoms with Gasteiger partial charge in [0, 0.05) is 25.6 Å². The summed E-state index contributed by atoms with van der Waals surface area (Å²) in [6.07, 6.45) is 3.25. The number of nitrogens with one attached hydrogen (secondary N) is 1. The number of rotatable bonds is 5. The van der Waals surface area contributed by atoms with Crippen molar-refractivity contribution in [3.05, 3.63) is 23.8 Å². The van der Waals surface area contributed by atoms with Crippen molar-refractivity contribution >= 4 is 10.0 Å². The summed E-state index contributed by atoms with van der Waals surface area (Å²) in [6.45, 7) is 7.55. The zero-order chi connectivity index (χ0) is 16.4. The van der Waals surface area contributed by atoms with Gasteiger partial charge in [0.2, 0.25) is 10.0 Å². The lowest BCUT2D eigenvalue weighted by atomic mass is 9.99. The Kier molecular flexibility index (Phi) is 4.94. The summed E-state index contributed by atoms with van der Waals surface area (Å²) >= 11 is 0. The molecule has 2 aliphatic heterocycles. The maximum Gasteiger partial charge on any atom is 0.240 e. The highest BCUT2D eigenvalue weighted by Gasteiger charge is 2.24. The Morgan fingerprint density at radius 1 is 1.43 bits per heavy atom. The standard InChI is InChI=1S/C17H26N2O3S/c1-13-4-3-8-19(12-13)14(2)11-18-23(20,21)16-5-6-17-15(10-16)7-9-22-17/h5-6,10,13-14,18H,3-4,7-9,11-12H2,1-2H3/t13-,14-/m0/s1. The molecule has 2 heterocycles. The highest BCUT2D eigenvalue weighted by atomic mass is 32.2. The van der Waals surface area contributed by atoms with Crippen LogP contribution in [0.1, 0.15) is 32.3 Å². The number of fused-ring (bicyclic) bond motifs is 1. The molecule has 23 heavy (non-hydrogen) atoms. The molecule has 128 valence electrons. The summed E-state index contributed by atoms with van der Waals surface area (Å²) < 4.78 is 33.2. The Morgan fingerprint density at radius 2 is 2.26 bits per heavy atom. The number of hydrogen-bond donors (Lipinski definition) is 1. The molecular weight excluding hydrogens is 312 g/mol. The van der Waals surface area contributed by atoms with E-state index < -0.39 is 10.0 Å². The summed E-state index contributed by atoms with van der Waals surface area (Å²) in [4.78, 5) is 2.72. The number of piperidine rings is 1. The molecule has 0 unspecified atom stereocenters. The van der Waals surface area contributed by atoms with E-state index in [4.69, 9.17) is 4.74 Å². The number of benzene rings is 1. The minimum Gasteiger partial charge on any atom is -0.493 e. The van der Waals surface area contributed by atoms with Crippen molar-refractivity contribution in [2.45, 2.75) is 44.0 Å². The van der Waals surface area contributed by atoms with Crippen LogP contribution in [0.5, 0.6) is 5.75 Å². The van der Waals surface area contributed by atoms with Gasteiger partial charge in [0.15, 0.2) is 0 Å². The van der Waals surface area contributed by atoms with Gasteiger partial charge in [-0.15, -0.1) is 0 Å². The summed E-state index contributed by atoms with van der Waals surface area (Å²) in [6, 6.07) is 5.33. The van der Waals surface area contributed by atoms with E-state index in [1.807, 2.05) is 0 Å². The second-order valence-electron chi connectivity index (χ2n) is 6.81. The third-order valence-corrected chi connectivity index (χ3v) is 6.27. The molecule has 2 aliphatic rings. The largest absolute Gasteiger partial charge is 0.493 e. The molecule has 0 amide bonds. The molecule has 0 aliphatic carbocycles. The van der Waals surface area contributed by atoms with Gasteiger partial charge in [0.1, 0.15) is 5.75 Å². The van der Waals surface area contributed by atoms with Crippen LogP contribution in [-0.2, 0) is 16.4 Å². The fraction of sp³-hybridized carbons (Fsp3) is 0.647. The minimum atomic E-state index is -3.46. The lowest BCUT2D eigenvalue weighted by Gasteiger charge is -2.35. The number of hydrogen-bond acceptors (Lipinski definition) is 4. The number of nitrogens with zero attached hydrogens (tertiary/aromatic N) is 1. The Bertz CT molecular complexity index is 660. The molecule has 0 saturated carbocycles. The summed E-state index contributed by atoms with van der Waals surface area (Å²) in [7, 11) is -3.46. The first-order valence-electron chi connectivity index (χ1n) is 8.45. The average molecular weight is 338 g/mol. The Labute approximate surface area is 139 Å². The molecule has 1 aromatic rings. The summed E-state index contributed by atoms with van der Waals surface area (Å²) in [5.74, 6) is 1.50. The maximum absolute atomic E-state index is 12.5. The molecule has 1 N–H and O–H groups in total. The molecule has 0 radical (unpaired) electrons. The molecule has 0 bridgehead atoms. The van der Waals surface area contributed by atoms with Crippen LogP contribution in [-0.4, -0.2) is 45.6 Å². The van der Waals surface area contributed by atoms with Crippen molar-refractivity contribution in [2.24, 2.45) is 5.92 Å². The highest BCUT2D eigenvalue weighted by molar-refractivity contribution is 7.89. The van der Waals surface area contributed by atoms with Gasteiger partial charge < -0.3 is 4.74 Å². The Morgan fingerprint density at radius 3 is 3.04 bits per heavy atom. The molecule has 0 spiro atoms. The van der Waals surface area contributed by atoms with Gasteiger partial charge in [-0.05, 0) is 56.0 Å². The monoisotopic (exact) mass is 338 g/mol. The second kappa shape index (κ2) is 6.79. The van der Waals surface area contributed by atoms with Gasteiger partial charge in [-0.3, -0.25) is 4.90 Å². The first kappa shape index (κ1) is 16.7. The van der Waals surface area contributed by atoms with Crippen LogP contribution in [0.2, 0.25) is 0 Å². The predicted octanol–water partition coefficient (Wildman–Crippen LogP) is 2.02. The third kappa shape index (κ3) is 3.87. The zero-order valence-electron chi connectivity index (χ0n) is 13.9. The van der Waals surface area contributed by atoms with Crippen LogP contribution in [0, 0.1) is 5.92 Å². The first-order chi connectivity index (χ1) is 11.0. The van der Waals surface area contributed by atoms with Gasteiger partial charge in [-0.25, -0.2) is 13.1 Å². The van der Waals surface area contributed by atoms with E-state index in [2.05, 4.69) is 23.5 Å². The van der Waals surface area contributed by atoms with E-state index >= 15 is 0 Å². The molecule has 1 aromatic carbocycles. The molecule has 6 heteroatoms. The van der Waals surface area contributed by atoms with Crippen LogP contribution >= 0.6 is 0 Å². The topological polar surface area (TPSA) is 58.6 Å². The number of ether oxygens (including phenoxy) is 1. The number of likely N-dealkylation sites (tertiary alicyclic amines) is 1. The molecule has 0 aromatic heterocycles. The fourth-order valence-electron chi connectivity index (χ4n) is 3.40. The normalized spacial score (nSPS) is 23.3. The zero-order valence-corrected chi connectivity index (χ0v) is 14.7. The van der Waals surface area contributed by atoms with E-state index in [1.54, 1.807) is 18.2 Å². The Hall–Kier alpha value is -1.11. The van der Waals surface area contributed by atoms with Crippen molar-refractivity contribution in [1.29, 1.82) is 0 Å². The molecule has 5 nitrogen and oxygen atoms in total. The van der Waals surface area contributed by atoms with E-state index in [0.717, 1.165) is 30.8 Å². The van der Waals surface area contributed by atoms with Crippen molar-refractivity contribution < 1.29 is 13.2 Å². The fourth-order valence-corrected chi connectivity index (χ4v) is 4.57. The number of sulfonamides is 1. The minimum absolute atomic E-state index is 0.213. The van der Waals surface area contributed by atoms with Crippen LogP contribution < -0.4 is 9.46 Å². The predicted molar refractivity (Wildman–Crippen MR) is 90.3 cm³/mol. The molecule has 1 saturated heterocycles. The maximum atomic E-state index is 12.5. The highest BCUT2D eigenvalue weighted by Crippen LogP contribution is 2.27. The lowest BCUT2D eigenvalue weighted by Crippen LogP contribution is -2.46. The second-order valence-corrected chi connectivity index (χ2v) is 8.58. The summed E-state index contributed by atoms with van der Waals surface area (Å²) in [5, 5.41) is 0. The molecular formula is C17H26N2O3S. The van der Waals surface area contributed by atoms with Crippen LogP contribution in [0.25, 0.3) is 0 Å². The summed E-state index contributed by atoms with van der Waals surface area (Å²) in [5.41, 5.74) is 0.978. The van der Waals surface area contributed by atoms with Crippen molar-refractivity contribution in [1.82, 2.24) is 9.62 Å². The Balaban J connectivity index is 1.62. The van der Waals surface area contributed by atoms with Crippen LogP contribution in [0.3, 0.4) is 0 Å². The van der Waals surface area contributed by atoms with Gasteiger partial charge >= 0.3 is 0 Å². The van der Waals surface area contributed by atoms with Crippen molar-refractivity contribution in [3.63, 3.8) is 0 Å². The molecule has 3 rings (SSSR count). The third-order valence-electron chi connectivity index (χ3n) is 4.85. The molecule has 1 fully saturated rings. The van der Waals surface area contributed by atoms with Crippen molar-refractivity contribution in [2.75, 3.05) is 26.2 Å². The van der Waals surface area contributed by atoms with Crippen LogP contribution in [0.4, 0.5) is 0 Å².